The lowest BCUT2D eigenvalue weighted by Crippen LogP contribution is -2.09. The Hall–Kier alpha value is -1.96. The van der Waals surface area contributed by atoms with Crippen LogP contribution in [0.25, 0.3) is 0 Å². The number of hydrogen-bond acceptors (Lipinski definition) is 2. The van der Waals surface area contributed by atoms with Gasteiger partial charge in [-0.2, -0.15) is 0 Å². The third-order valence-electron chi connectivity index (χ3n) is 3.24. The number of anilines is 1. The zero-order valence-corrected chi connectivity index (χ0v) is 12.7. The van der Waals surface area contributed by atoms with E-state index in [9.17, 15) is 0 Å². The standard InChI is InChI=1S/C18H23NO/c1-13(2)20-17-10-11-18(14(3)12-17)19-15(4)16-8-6-5-7-9-16/h5-13,15,19H,1-4H3. The lowest BCUT2D eigenvalue weighted by atomic mass is 10.1. The maximum atomic E-state index is 5.71. The second kappa shape index (κ2) is 6.47. The van der Waals surface area contributed by atoms with Gasteiger partial charge in [-0.05, 0) is 57.0 Å². The average molecular weight is 269 g/mol. The molecule has 1 N–H and O–H groups in total. The molecule has 1 atom stereocenters. The van der Waals surface area contributed by atoms with Gasteiger partial charge >= 0.3 is 0 Å². The van der Waals surface area contributed by atoms with E-state index in [0.29, 0.717) is 0 Å². The van der Waals surface area contributed by atoms with Gasteiger partial charge in [0.25, 0.3) is 0 Å². The molecule has 0 saturated carbocycles. The molecule has 2 aromatic carbocycles. The van der Waals surface area contributed by atoms with E-state index in [-0.39, 0.29) is 12.1 Å². The van der Waals surface area contributed by atoms with E-state index in [0.717, 1.165) is 11.4 Å². The fourth-order valence-electron chi connectivity index (χ4n) is 2.20. The SMILES string of the molecule is Cc1cc(OC(C)C)ccc1NC(C)c1ccccc1. The van der Waals surface area contributed by atoms with Crippen LogP contribution in [-0.4, -0.2) is 6.10 Å². The molecular formula is C18H23NO. The fraction of sp³-hybridized carbons (Fsp3) is 0.333. The van der Waals surface area contributed by atoms with Gasteiger partial charge in [-0.25, -0.2) is 0 Å². The smallest absolute Gasteiger partial charge is 0.120 e. The number of ether oxygens (including phenoxy) is 1. The Morgan fingerprint density at radius 3 is 2.25 bits per heavy atom. The molecule has 0 bridgehead atoms. The van der Waals surface area contributed by atoms with Crippen LogP contribution < -0.4 is 10.1 Å². The quantitative estimate of drug-likeness (QED) is 0.828. The molecular weight excluding hydrogens is 246 g/mol. The normalized spacial score (nSPS) is 12.2. The van der Waals surface area contributed by atoms with Crippen LogP contribution in [0.5, 0.6) is 5.75 Å². The van der Waals surface area contributed by atoms with Crippen LogP contribution in [0.1, 0.15) is 37.9 Å². The van der Waals surface area contributed by atoms with E-state index >= 15 is 0 Å². The van der Waals surface area contributed by atoms with Gasteiger partial charge in [0.05, 0.1) is 6.10 Å². The minimum atomic E-state index is 0.205. The van der Waals surface area contributed by atoms with Crippen molar-refractivity contribution in [2.24, 2.45) is 0 Å². The molecule has 0 fully saturated rings. The molecule has 0 radical (unpaired) electrons. The van der Waals surface area contributed by atoms with Crippen molar-refractivity contribution in [1.82, 2.24) is 0 Å². The third-order valence-corrected chi connectivity index (χ3v) is 3.24. The zero-order valence-electron chi connectivity index (χ0n) is 12.7. The highest BCUT2D eigenvalue weighted by molar-refractivity contribution is 5.54. The molecule has 0 aliphatic heterocycles. The van der Waals surface area contributed by atoms with Crippen molar-refractivity contribution < 1.29 is 4.74 Å². The van der Waals surface area contributed by atoms with Gasteiger partial charge in [0.1, 0.15) is 5.75 Å². The predicted octanol–water partition coefficient (Wildman–Crippen LogP) is 4.96. The summed E-state index contributed by atoms with van der Waals surface area (Å²) in [5.74, 6) is 0.926. The second-order valence-electron chi connectivity index (χ2n) is 5.42. The molecule has 0 aliphatic rings. The van der Waals surface area contributed by atoms with Crippen LogP contribution in [0.3, 0.4) is 0 Å². The second-order valence-corrected chi connectivity index (χ2v) is 5.42. The minimum Gasteiger partial charge on any atom is -0.491 e. The highest BCUT2D eigenvalue weighted by atomic mass is 16.5. The first-order valence-electron chi connectivity index (χ1n) is 7.15. The first-order chi connectivity index (χ1) is 9.56. The largest absolute Gasteiger partial charge is 0.491 e. The molecule has 0 aromatic heterocycles. The molecule has 2 heteroatoms. The predicted molar refractivity (Wildman–Crippen MR) is 85.4 cm³/mol. The summed E-state index contributed by atoms with van der Waals surface area (Å²) >= 11 is 0. The summed E-state index contributed by atoms with van der Waals surface area (Å²) in [6, 6.07) is 16.9. The molecule has 2 nitrogen and oxygen atoms in total. The Balaban J connectivity index is 2.10. The Bertz CT molecular complexity index is 549. The number of hydrogen-bond donors (Lipinski definition) is 1. The van der Waals surface area contributed by atoms with Crippen molar-refractivity contribution in [1.29, 1.82) is 0 Å². The highest BCUT2D eigenvalue weighted by Gasteiger charge is 2.07. The van der Waals surface area contributed by atoms with Crippen molar-refractivity contribution in [3.8, 4) is 5.75 Å². The van der Waals surface area contributed by atoms with Gasteiger partial charge in [0.15, 0.2) is 0 Å². The van der Waals surface area contributed by atoms with Crippen molar-refractivity contribution in [3.63, 3.8) is 0 Å². The van der Waals surface area contributed by atoms with E-state index in [1.54, 1.807) is 0 Å². The van der Waals surface area contributed by atoms with Gasteiger partial charge in [-0.15, -0.1) is 0 Å². The first-order valence-corrected chi connectivity index (χ1v) is 7.15. The highest BCUT2D eigenvalue weighted by Crippen LogP contribution is 2.26. The van der Waals surface area contributed by atoms with E-state index in [1.165, 1.54) is 11.1 Å². The lowest BCUT2D eigenvalue weighted by molar-refractivity contribution is 0.242. The van der Waals surface area contributed by atoms with Crippen LogP contribution >= 0.6 is 0 Å². The molecule has 0 aliphatic carbocycles. The molecule has 2 aromatic rings. The summed E-state index contributed by atoms with van der Waals surface area (Å²) in [7, 11) is 0. The molecule has 0 amide bonds. The number of aryl methyl sites for hydroxylation is 1. The molecule has 20 heavy (non-hydrogen) atoms. The summed E-state index contributed by atoms with van der Waals surface area (Å²) in [6.45, 7) is 8.36. The van der Waals surface area contributed by atoms with Crippen LogP contribution in [0.2, 0.25) is 0 Å². The number of benzene rings is 2. The Kier molecular flexibility index (Phi) is 4.67. The number of nitrogens with one attached hydrogen (secondary N) is 1. The van der Waals surface area contributed by atoms with Crippen molar-refractivity contribution in [2.45, 2.75) is 39.8 Å². The summed E-state index contributed by atoms with van der Waals surface area (Å²) in [4.78, 5) is 0. The van der Waals surface area contributed by atoms with E-state index < -0.39 is 0 Å². The van der Waals surface area contributed by atoms with Crippen molar-refractivity contribution in [3.05, 3.63) is 59.7 Å². The average Bonchev–Trinajstić information content (AvgIpc) is 2.42. The molecule has 0 heterocycles. The number of rotatable bonds is 5. The van der Waals surface area contributed by atoms with Gasteiger partial charge in [-0.1, -0.05) is 30.3 Å². The summed E-state index contributed by atoms with van der Waals surface area (Å²) in [5, 5.41) is 3.55. The van der Waals surface area contributed by atoms with Crippen molar-refractivity contribution >= 4 is 5.69 Å². The van der Waals surface area contributed by atoms with Crippen LogP contribution in [-0.2, 0) is 0 Å². The summed E-state index contributed by atoms with van der Waals surface area (Å²) < 4.78 is 5.71. The lowest BCUT2D eigenvalue weighted by Gasteiger charge is -2.18. The van der Waals surface area contributed by atoms with Crippen LogP contribution in [0.15, 0.2) is 48.5 Å². The zero-order chi connectivity index (χ0) is 14.5. The maximum Gasteiger partial charge on any atom is 0.120 e. The molecule has 2 rings (SSSR count). The van der Waals surface area contributed by atoms with Gasteiger partial charge in [0, 0.05) is 11.7 Å². The Morgan fingerprint density at radius 2 is 1.65 bits per heavy atom. The van der Waals surface area contributed by atoms with Gasteiger partial charge in [-0.3, -0.25) is 0 Å². The Morgan fingerprint density at radius 1 is 0.950 bits per heavy atom. The molecule has 106 valence electrons. The monoisotopic (exact) mass is 269 g/mol. The molecule has 1 unspecified atom stereocenters. The fourth-order valence-corrected chi connectivity index (χ4v) is 2.20. The Labute approximate surface area is 121 Å². The van der Waals surface area contributed by atoms with Crippen molar-refractivity contribution in [2.75, 3.05) is 5.32 Å². The van der Waals surface area contributed by atoms with Crippen LogP contribution in [0.4, 0.5) is 5.69 Å². The third kappa shape index (κ3) is 3.77. The van der Waals surface area contributed by atoms with E-state index in [1.807, 2.05) is 26.0 Å². The maximum absolute atomic E-state index is 5.71. The van der Waals surface area contributed by atoms with E-state index in [4.69, 9.17) is 4.74 Å². The minimum absolute atomic E-state index is 0.205. The molecule has 0 spiro atoms. The topological polar surface area (TPSA) is 21.3 Å². The van der Waals surface area contributed by atoms with Gasteiger partial charge < -0.3 is 10.1 Å². The van der Waals surface area contributed by atoms with Gasteiger partial charge in [0.2, 0.25) is 0 Å². The molecule has 0 saturated heterocycles. The summed E-state index contributed by atoms with van der Waals surface area (Å²) in [5.41, 5.74) is 3.64. The first kappa shape index (κ1) is 14.4. The summed E-state index contributed by atoms with van der Waals surface area (Å²) in [6.07, 6.45) is 0.205. The van der Waals surface area contributed by atoms with Crippen LogP contribution in [0, 0.1) is 6.92 Å². The van der Waals surface area contributed by atoms with E-state index in [2.05, 4.69) is 55.6 Å².